The number of ether oxygens (including phenoxy) is 2. The van der Waals surface area contributed by atoms with E-state index in [0.717, 1.165) is 41.0 Å². The molecule has 1 amide bonds. The van der Waals surface area contributed by atoms with Gasteiger partial charge in [0.15, 0.2) is 0 Å². The van der Waals surface area contributed by atoms with Crippen molar-refractivity contribution in [2.45, 2.75) is 51.9 Å². The summed E-state index contributed by atoms with van der Waals surface area (Å²) in [6.45, 7) is 8.04. The summed E-state index contributed by atoms with van der Waals surface area (Å²) in [7, 11) is 0. The molecule has 1 aliphatic heterocycles. The molecule has 0 unspecified atom stereocenters. The second-order valence-corrected chi connectivity index (χ2v) is 8.23. The van der Waals surface area contributed by atoms with Gasteiger partial charge < -0.3 is 14.8 Å². The molecule has 0 spiro atoms. The van der Waals surface area contributed by atoms with E-state index in [0.29, 0.717) is 37.7 Å². The maximum atomic E-state index is 13.5. The first-order valence-corrected chi connectivity index (χ1v) is 10.7. The van der Waals surface area contributed by atoms with Crippen LogP contribution in [-0.4, -0.2) is 25.7 Å². The Labute approximate surface area is 178 Å². The predicted octanol–water partition coefficient (Wildman–Crippen LogP) is 5.82. The Morgan fingerprint density at radius 3 is 2.34 bits per heavy atom. The van der Waals surface area contributed by atoms with Crippen LogP contribution in [-0.2, 0) is 14.9 Å². The molecular formula is C24H30ClNO3. The van der Waals surface area contributed by atoms with Crippen molar-refractivity contribution >= 4 is 23.2 Å². The zero-order valence-electron chi connectivity index (χ0n) is 17.5. The lowest BCUT2D eigenvalue weighted by Crippen LogP contribution is -2.44. The Balaban J connectivity index is 1.84. The molecule has 1 aliphatic rings. The number of carbonyl (C=O) groups excluding carboxylic acids is 1. The number of halogens is 1. The highest BCUT2D eigenvalue weighted by Crippen LogP contribution is 2.37. The van der Waals surface area contributed by atoms with E-state index in [4.69, 9.17) is 21.1 Å². The average molecular weight is 416 g/mol. The predicted molar refractivity (Wildman–Crippen MR) is 118 cm³/mol. The second-order valence-electron chi connectivity index (χ2n) is 7.80. The molecule has 3 rings (SSSR count). The Bertz CT molecular complexity index is 819. The molecule has 0 aliphatic carbocycles. The topological polar surface area (TPSA) is 47.6 Å². The van der Waals surface area contributed by atoms with Gasteiger partial charge in [-0.05, 0) is 74.1 Å². The maximum absolute atomic E-state index is 13.5. The van der Waals surface area contributed by atoms with Crippen LogP contribution in [0.25, 0.3) is 0 Å². The summed E-state index contributed by atoms with van der Waals surface area (Å²) >= 11 is 6.06. The standard InChI is InChI=1S/C24H30ClNO3/c1-4-5-12-29-22-17(2)15-21(16-18(22)3)26-23(27)24(10-13-28-14-11-24)19-6-8-20(25)9-7-19/h6-9,15-16H,4-5,10-14H2,1-3H3,(H,26,27). The number of amides is 1. The molecule has 1 fully saturated rings. The normalized spacial score (nSPS) is 15.7. The van der Waals surface area contributed by atoms with Gasteiger partial charge in [0, 0.05) is 23.9 Å². The molecule has 0 aromatic heterocycles. The summed E-state index contributed by atoms with van der Waals surface area (Å²) in [5.41, 5.74) is 3.23. The SMILES string of the molecule is CCCCOc1c(C)cc(NC(=O)C2(c3ccc(Cl)cc3)CCOCC2)cc1C. The maximum Gasteiger partial charge on any atom is 0.235 e. The van der Waals surface area contributed by atoms with E-state index in [1.54, 1.807) is 0 Å². The number of unbranched alkanes of at least 4 members (excludes halogenated alkanes) is 1. The quantitative estimate of drug-likeness (QED) is 0.579. The van der Waals surface area contributed by atoms with Gasteiger partial charge in [0.1, 0.15) is 5.75 Å². The van der Waals surface area contributed by atoms with Gasteiger partial charge in [0.2, 0.25) is 5.91 Å². The first-order valence-electron chi connectivity index (χ1n) is 10.4. The lowest BCUT2D eigenvalue weighted by molar-refractivity contribution is -0.125. The zero-order valence-corrected chi connectivity index (χ0v) is 18.3. The molecular weight excluding hydrogens is 386 g/mol. The summed E-state index contributed by atoms with van der Waals surface area (Å²) in [5, 5.41) is 3.83. The highest BCUT2D eigenvalue weighted by atomic mass is 35.5. The third-order valence-electron chi connectivity index (χ3n) is 5.64. The molecule has 1 N–H and O–H groups in total. The Morgan fingerprint density at radius 1 is 1.14 bits per heavy atom. The highest BCUT2D eigenvalue weighted by molar-refractivity contribution is 6.30. The molecule has 0 saturated carbocycles. The minimum atomic E-state index is -0.610. The Kier molecular flexibility index (Phi) is 7.20. The fourth-order valence-electron chi connectivity index (χ4n) is 3.96. The van der Waals surface area contributed by atoms with Gasteiger partial charge in [0.05, 0.1) is 12.0 Å². The zero-order chi connectivity index (χ0) is 20.9. The van der Waals surface area contributed by atoms with Crippen LogP contribution >= 0.6 is 11.6 Å². The van der Waals surface area contributed by atoms with Crippen molar-refractivity contribution in [2.75, 3.05) is 25.1 Å². The molecule has 0 bridgehead atoms. The highest BCUT2D eigenvalue weighted by Gasteiger charge is 2.41. The number of hydrogen-bond donors (Lipinski definition) is 1. The largest absolute Gasteiger partial charge is 0.493 e. The summed E-state index contributed by atoms with van der Waals surface area (Å²) < 4.78 is 11.5. The summed E-state index contributed by atoms with van der Waals surface area (Å²) in [4.78, 5) is 13.5. The molecule has 2 aromatic carbocycles. The summed E-state index contributed by atoms with van der Waals surface area (Å²) in [6.07, 6.45) is 3.43. The van der Waals surface area contributed by atoms with Crippen LogP contribution in [0.5, 0.6) is 5.75 Å². The molecule has 0 radical (unpaired) electrons. The van der Waals surface area contributed by atoms with Crippen LogP contribution in [0.3, 0.4) is 0 Å². The molecule has 2 aromatic rings. The molecule has 4 nitrogen and oxygen atoms in total. The molecule has 0 atom stereocenters. The van der Waals surface area contributed by atoms with E-state index in [1.165, 1.54) is 0 Å². The van der Waals surface area contributed by atoms with Crippen molar-refractivity contribution in [3.05, 3.63) is 58.1 Å². The van der Waals surface area contributed by atoms with Crippen molar-refractivity contribution in [2.24, 2.45) is 0 Å². The molecule has 1 saturated heterocycles. The van der Waals surface area contributed by atoms with Gasteiger partial charge in [0.25, 0.3) is 0 Å². The number of nitrogens with one attached hydrogen (secondary N) is 1. The Hall–Kier alpha value is -2.04. The van der Waals surface area contributed by atoms with Crippen LogP contribution in [0.1, 0.15) is 49.3 Å². The van der Waals surface area contributed by atoms with Crippen molar-refractivity contribution in [1.29, 1.82) is 0 Å². The first kappa shape index (κ1) is 21.7. The van der Waals surface area contributed by atoms with E-state index in [9.17, 15) is 4.79 Å². The molecule has 1 heterocycles. The number of carbonyl (C=O) groups is 1. The number of aryl methyl sites for hydroxylation is 2. The van der Waals surface area contributed by atoms with E-state index in [1.807, 2.05) is 50.2 Å². The van der Waals surface area contributed by atoms with E-state index < -0.39 is 5.41 Å². The Morgan fingerprint density at radius 2 is 1.76 bits per heavy atom. The van der Waals surface area contributed by atoms with Crippen LogP contribution in [0.15, 0.2) is 36.4 Å². The van der Waals surface area contributed by atoms with Crippen LogP contribution in [0, 0.1) is 13.8 Å². The van der Waals surface area contributed by atoms with E-state index in [-0.39, 0.29) is 5.91 Å². The second kappa shape index (κ2) is 9.64. The number of rotatable bonds is 7. The number of hydrogen-bond acceptors (Lipinski definition) is 3. The van der Waals surface area contributed by atoms with Crippen molar-refractivity contribution in [3.63, 3.8) is 0 Å². The smallest absolute Gasteiger partial charge is 0.235 e. The minimum Gasteiger partial charge on any atom is -0.493 e. The average Bonchev–Trinajstić information content (AvgIpc) is 2.71. The molecule has 156 valence electrons. The van der Waals surface area contributed by atoms with Gasteiger partial charge in [-0.25, -0.2) is 0 Å². The van der Waals surface area contributed by atoms with Crippen LogP contribution in [0.4, 0.5) is 5.69 Å². The minimum absolute atomic E-state index is 0.00146. The molecule has 5 heteroatoms. The van der Waals surface area contributed by atoms with Crippen LogP contribution in [0.2, 0.25) is 5.02 Å². The third kappa shape index (κ3) is 4.93. The van der Waals surface area contributed by atoms with Crippen LogP contribution < -0.4 is 10.1 Å². The van der Waals surface area contributed by atoms with Gasteiger partial charge in [-0.3, -0.25) is 4.79 Å². The fourth-order valence-corrected chi connectivity index (χ4v) is 4.08. The van der Waals surface area contributed by atoms with E-state index >= 15 is 0 Å². The first-order chi connectivity index (χ1) is 14.0. The fraction of sp³-hybridized carbons (Fsp3) is 0.458. The summed E-state index contributed by atoms with van der Waals surface area (Å²) in [6, 6.07) is 11.6. The number of anilines is 1. The number of benzene rings is 2. The molecule has 29 heavy (non-hydrogen) atoms. The van der Waals surface area contributed by atoms with E-state index in [2.05, 4.69) is 12.2 Å². The van der Waals surface area contributed by atoms with Crippen molar-refractivity contribution < 1.29 is 14.3 Å². The lowest BCUT2D eigenvalue weighted by Gasteiger charge is -2.36. The van der Waals surface area contributed by atoms with Crippen molar-refractivity contribution in [1.82, 2.24) is 0 Å². The van der Waals surface area contributed by atoms with Gasteiger partial charge >= 0.3 is 0 Å². The van der Waals surface area contributed by atoms with Gasteiger partial charge in [-0.15, -0.1) is 0 Å². The summed E-state index contributed by atoms with van der Waals surface area (Å²) in [5.74, 6) is 0.913. The van der Waals surface area contributed by atoms with Gasteiger partial charge in [-0.2, -0.15) is 0 Å². The lowest BCUT2D eigenvalue weighted by atomic mass is 9.73. The van der Waals surface area contributed by atoms with Crippen molar-refractivity contribution in [3.8, 4) is 5.75 Å². The monoisotopic (exact) mass is 415 g/mol. The van der Waals surface area contributed by atoms with Gasteiger partial charge in [-0.1, -0.05) is 37.1 Å². The third-order valence-corrected chi connectivity index (χ3v) is 5.89.